The van der Waals surface area contributed by atoms with E-state index in [0.29, 0.717) is 11.5 Å². The second-order valence-electron chi connectivity index (χ2n) is 9.18. The molecule has 0 aromatic heterocycles. The molecule has 0 fully saturated rings. The first kappa shape index (κ1) is 22.0. The summed E-state index contributed by atoms with van der Waals surface area (Å²) in [7, 11) is 0. The summed E-state index contributed by atoms with van der Waals surface area (Å²) in [4.78, 5) is 2.35. The second kappa shape index (κ2) is 8.00. The molecule has 0 saturated heterocycles. The van der Waals surface area contributed by atoms with Crippen molar-refractivity contribution in [3.05, 3.63) is 46.5 Å². The lowest BCUT2D eigenvalue weighted by Crippen LogP contribution is -2.12. The molecule has 0 aliphatic heterocycles. The van der Waals surface area contributed by atoms with Crippen molar-refractivity contribution in [3.63, 3.8) is 0 Å². The smallest absolute Gasteiger partial charge is 0.122 e. The Morgan fingerprint density at radius 1 is 0.667 bits per heavy atom. The van der Waals surface area contributed by atoms with Gasteiger partial charge in [0.25, 0.3) is 0 Å². The number of hydrogen-bond acceptors (Lipinski definition) is 4. The minimum absolute atomic E-state index is 0.0891. The van der Waals surface area contributed by atoms with Crippen LogP contribution in [-0.4, -0.2) is 15.3 Å². The van der Waals surface area contributed by atoms with Crippen LogP contribution in [0.25, 0.3) is 0 Å². The number of aryl methyl sites for hydroxylation is 2. The van der Waals surface area contributed by atoms with Crippen molar-refractivity contribution < 1.29 is 10.2 Å². The Bertz CT molecular complexity index is 758. The molecule has 2 nitrogen and oxygen atoms in total. The van der Waals surface area contributed by atoms with Crippen LogP contribution >= 0.6 is 23.5 Å². The number of phenols is 2. The van der Waals surface area contributed by atoms with Crippen molar-refractivity contribution in [3.8, 4) is 11.5 Å². The molecule has 148 valence electrons. The predicted octanol–water partition coefficient (Wildman–Crippen LogP) is 7.15. The highest BCUT2D eigenvalue weighted by Crippen LogP contribution is 2.40. The van der Waals surface area contributed by atoms with E-state index >= 15 is 0 Å². The Balaban J connectivity index is 2.18. The summed E-state index contributed by atoms with van der Waals surface area (Å²) in [5, 5.41) is 21.6. The third-order valence-electron chi connectivity index (χ3n) is 4.62. The summed E-state index contributed by atoms with van der Waals surface area (Å²) in [5.74, 6) is 0.812. The number of aromatic hydroxyl groups is 2. The summed E-state index contributed by atoms with van der Waals surface area (Å²) in [6.45, 7) is 16.7. The Labute approximate surface area is 172 Å². The van der Waals surface area contributed by atoms with Gasteiger partial charge in [0.2, 0.25) is 0 Å². The van der Waals surface area contributed by atoms with Gasteiger partial charge in [-0.2, -0.15) is 0 Å². The van der Waals surface area contributed by atoms with Crippen LogP contribution in [0.1, 0.15) is 63.8 Å². The molecule has 0 aliphatic rings. The number of thioether (sulfide) groups is 2. The Kier molecular flexibility index (Phi) is 6.53. The first-order chi connectivity index (χ1) is 12.3. The summed E-state index contributed by atoms with van der Waals surface area (Å²) >= 11 is 3.56. The zero-order valence-electron chi connectivity index (χ0n) is 17.7. The zero-order chi connectivity index (χ0) is 20.6. The molecule has 2 aromatic rings. The SMILES string of the molecule is Cc1cc(SCSc2cc(C)c(O)c(C(C)(C)C)c2)cc(C(C)(C)C)c1O. The average Bonchev–Trinajstić information content (AvgIpc) is 2.51. The van der Waals surface area contributed by atoms with Crippen LogP contribution in [0.15, 0.2) is 34.1 Å². The second-order valence-corrected chi connectivity index (χ2v) is 11.6. The van der Waals surface area contributed by atoms with E-state index in [1.54, 1.807) is 23.5 Å². The predicted molar refractivity (Wildman–Crippen MR) is 120 cm³/mol. The summed E-state index contributed by atoms with van der Waals surface area (Å²) < 4.78 is 0. The van der Waals surface area contributed by atoms with E-state index in [4.69, 9.17) is 0 Å². The molecule has 27 heavy (non-hydrogen) atoms. The van der Waals surface area contributed by atoms with Crippen LogP contribution in [0.3, 0.4) is 0 Å². The Morgan fingerprint density at radius 3 is 1.30 bits per heavy atom. The zero-order valence-corrected chi connectivity index (χ0v) is 19.4. The molecule has 0 bridgehead atoms. The molecule has 2 rings (SSSR count). The van der Waals surface area contributed by atoms with Gasteiger partial charge in [0, 0.05) is 26.0 Å². The molecule has 0 saturated carbocycles. The van der Waals surface area contributed by atoms with Gasteiger partial charge in [-0.05, 0) is 60.1 Å². The number of phenolic OH excluding ortho intramolecular Hbond substituents is 2. The molecule has 0 radical (unpaired) electrons. The van der Waals surface area contributed by atoms with E-state index in [1.165, 1.54) is 9.79 Å². The lowest BCUT2D eigenvalue weighted by Gasteiger charge is -2.23. The molecule has 0 heterocycles. The van der Waals surface area contributed by atoms with Crippen molar-refractivity contribution in [2.45, 2.75) is 76.0 Å². The molecule has 0 atom stereocenters. The lowest BCUT2D eigenvalue weighted by atomic mass is 9.85. The van der Waals surface area contributed by atoms with Crippen molar-refractivity contribution in [2.24, 2.45) is 0 Å². The van der Waals surface area contributed by atoms with E-state index in [0.717, 1.165) is 27.3 Å². The van der Waals surface area contributed by atoms with Gasteiger partial charge in [-0.1, -0.05) is 41.5 Å². The highest BCUT2D eigenvalue weighted by Gasteiger charge is 2.21. The topological polar surface area (TPSA) is 40.5 Å². The summed E-state index contributed by atoms with van der Waals surface area (Å²) in [6.07, 6.45) is 0. The third kappa shape index (κ3) is 5.39. The quantitative estimate of drug-likeness (QED) is 0.419. The molecule has 2 aromatic carbocycles. The van der Waals surface area contributed by atoms with E-state index in [9.17, 15) is 10.2 Å². The largest absolute Gasteiger partial charge is 0.507 e. The van der Waals surface area contributed by atoms with Gasteiger partial charge < -0.3 is 10.2 Å². The third-order valence-corrected chi connectivity index (χ3v) is 6.70. The molecular weight excluding hydrogens is 372 g/mol. The molecular formula is C23H32O2S2. The minimum atomic E-state index is -0.0891. The van der Waals surface area contributed by atoms with Gasteiger partial charge >= 0.3 is 0 Å². The summed E-state index contributed by atoms with van der Waals surface area (Å²) in [6, 6.07) is 8.32. The number of benzene rings is 2. The van der Waals surface area contributed by atoms with Crippen LogP contribution in [-0.2, 0) is 10.8 Å². The fraction of sp³-hybridized carbons (Fsp3) is 0.478. The molecule has 2 N–H and O–H groups in total. The van der Waals surface area contributed by atoms with Gasteiger partial charge in [-0.25, -0.2) is 0 Å². The molecule has 4 heteroatoms. The maximum Gasteiger partial charge on any atom is 0.122 e. The summed E-state index contributed by atoms with van der Waals surface area (Å²) in [5.41, 5.74) is 3.65. The van der Waals surface area contributed by atoms with Crippen molar-refractivity contribution >= 4 is 23.5 Å². The molecule has 0 unspecified atom stereocenters. The van der Waals surface area contributed by atoms with Crippen LogP contribution < -0.4 is 0 Å². The van der Waals surface area contributed by atoms with Crippen LogP contribution in [0.4, 0.5) is 0 Å². The maximum absolute atomic E-state index is 10.4. The Hall–Kier alpha value is -1.26. The fourth-order valence-corrected chi connectivity index (χ4v) is 5.22. The molecule has 0 spiro atoms. The normalized spacial score (nSPS) is 12.4. The van der Waals surface area contributed by atoms with Gasteiger partial charge in [-0.15, -0.1) is 23.5 Å². The van der Waals surface area contributed by atoms with Crippen molar-refractivity contribution in [2.75, 3.05) is 5.08 Å². The van der Waals surface area contributed by atoms with E-state index < -0.39 is 0 Å². The van der Waals surface area contributed by atoms with Crippen molar-refractivity contribution in [1.82, 2.24) is 0 Å². The highest BCUT2D eigenvalue weighted by atomic mass is 32.2. The Morgan fingerprint density at radius 2 is 1.00 bits per heavy atom. The number of hydrogen-bond donors (Lipinski definition) is 2. The molecule has 0 amide bonds. The van der Waals surface area contributed by atoms with E-state index in [1.807, 2.05) is 13.8 Å². The van der Waals surface area contributed by atoms with Gasteiger partial charge in [-0.3, -0.25) is 0 Å². The standard InChI is InChI=1S/C23H32O2S2/c1-14-9-16(11-18(20(14)24)22(3,4)5)26-13-27-17-10-15(2)21(25)19(12-17)23(6,7)8/h9-12,24-25H,13H2,1-8H3. The average molecular weight is 405 g/mol. The number of rotatable bonds is 4. The first-order valence-electron chi connectivity index (χ1n) is 9.24. The lowest BCUT2D eigenvalue weighted by molar-refractivity contribution is 0.441. The van der Waals surface area contributed by atoms with Crippen molar-refractivity contribution in [1.29, 1.82) is 0 Å². The minimum Gasteiger partial charge on any atom is -0.507 e. The van der Waals surface area contributed by atoms with Gasteiger partial charge in [0.05, 0.1) is 0 Å². The highest BCUT2D eigenvalue weighted by molar-refractivity contribution is 8.16. The molecule has 0 aliphatic carbocycles. The van der Waals surface area contributed by atoms with Crippen LogP contribution in [0, 0.1) is 13.8 Å². The van der Waals surface area contributed by atoms with E-state index in [-0.39, 0.29) is 10.8 Å². The first-order valence-corrected chi connectivity index (χ1v) is 11.2. The monoisotopic (exact) mass is 404 g/mol. The van der Waals surface area contributed by atoms with Crippen LogP contribution in [0.2, 0.25) is 0 Å². The van der Waals surface area contributed by atoms with Crippen LogP contribution in [0.5, 0.6) is 11.5 Å². The van der Waals surface area contributed by atoms with E-state index in [2.05, 4.69) is 65.8 Å². The fourth-order valence-electron chi connectivity index (χ4n) is 2.97. The van der Waals surface area contributed by atoms with Gasteiger partial charge in [0.1, 0.15) is 11.5 Å². The van der Waals surface area contributed by atoms with Gasteiger partial charge in [0.15, 0.2) is 0 Å². The maximum atomic E-state index is 10.4.